The van der Waals surface area contributed by atoms with Crippen LogP contribution in [0.3, 0.4) is 0 Å². The largest absolute Gasteiger partial charge is 0.369 e. The number of rotatable bonds is 5. The van der Waals surface area contributed by atoms with Crippen molar-refractivity contribution in [1.82, 2.24) is 4.90 Å². The van der Waals surface area contributed by atoms with Crippen LogP contribution in [-0.2, 0) is 4.79 Å². The quantitative estimate of drug-likeness (QED) is 0.867. The van der Waals surface area contributed by atoms with E-state index in [1.807, 2.05) is 12.1 Å². The summed E-state index contributed by atoms with van der Waals surface area (Å²) < 4.78 is 0. The molecule has 3 rings (SSSR count). The van der Waals surface area contributed by atoms with Gasteiger partial charge >= 0.3 is 0 Å². The Balaban J connectivity index is 1.47. The molecule has 1 saturated heterocycles. The smallest absolute Gasteiger partial charge is 0.225 e. The van der Waals surface area contributed by atoms with Crippen LogP contribution >= 0.6 is 0 Å². The third-order valence-corrected chi connectivity index (χ3v) is 5.82. The molecule has 0 atom stereocenters. The SMILES string of the molecule is Cc1cccc(NC(=O)CCN2CCN(c3cccc(C)c3C)CC2)c1C. The lowest BCUT2D eigenvalue weighted by Gasteiger charge is -2.37. The summed E-state index contributed by atoms with van der Waals surface area (Å²) in [5.41, 5.74) is 7.35. The maximum atomic E-state index is 12.3. The third-order valence-electron chi connectivity index (χ3n) is 5.82. The van der Waals surface area contributed by atoms with E-state index < -0.39 is 0 Å². The van der Waals surface area contributed by atoms with Crippen LogP contribution in [0.4, 0.5) is 11.4 Å². The van der Waals surface area contributed by atoms with Gasteiger partial charge in [-0.25, -0.2) is 0 Å². The van der Waals surface area contributed by atoms with Crippen LogP contribution in [0.2, 0.25) is 0 Å². The molecule has 2 aromatic rings. The molecule has 0 unspecified atom stereocenters. The normalized spacial score (nSPS) is 15.0. The molecule has 2 aromatic carbocycles. The van der Waals surface area contributed by atoms with Gasteiger partial charge in [0.05, 0.1) is 0 Å². The molecular weight excluding hydrogens is 334 g/mol. The summed E-state index contributed by atoms with van der Waals surface area (Å²) in [7, 11) is 0. The molecule has 0 aromatic heterocycles. The number of nitrogens with one attached hydrogen (secondary N) is 1. The topological polar surface area (TPSA) is 35.6 Å². The van der Waals surface area contributed by atoms with Crippen LogP contribution in [0.25, 0.3) is 0 Å². The van der Waals surface area contributed by atoms with E-state index in [1.54, 1.807) is 0 Å². The molecule has 144 valence electrons. The first-order chi connectivity index (χ1) is 13.0. The predicted molar refractivity (Wildman–Crippen MR) is 114 cm³/mol. The van der Waals surface area contributed by atoms with Crippen LogP contribution in [0, 0.1) is 27.7 Å². The van der Waals surface area contributed by atoms with Gasteiger partial charge in [-0.1, -0.05) is 24.3 Å². The number of nitrogens with zero attached hydrogens (tertiary/aromatic N) is 2. The van der Waals surface area contributed by atoms with E-state index >= 15 is 0 Å². The van der Waals surface area contributed by atoms with Crippen molar-refractivity contribution >= 4 is 17.3 Å². The molecule has 1 amide bonds. The van der Waals surface area contributed by atoms with Gasteiger partial charge in [0, 0.05) is 50.5 Å². The number of benzene rings is 2. The summed E-state index contributed by atoms with van der Waals surface area (Å²) in [4.78, 5) is 17.2. The van der Waals surface area contributed by atoms with E-state index in [2.05, 4.69) is 67.1 Å². The highest BCUT2D eigenvalue weighted by atomic mass is 16.1. The fraction of sp³-hybridized carbons (Fsp3) is 0.435. The third kappa shape index (κ3) is 4.69. The Morgan fingerprint density at radius 2 is 1.52 bits per heavy atom. The maximum absolute atomic E-state index is 12.3. The molecular formula is C23H31N3O. The highest BCUT2D eigenvalue weighted by molar-refractivity contribution is 5.91. The zero-order valence-electron chi connectivity index (χ0n) is 17.0. The first kappa shape index (κ1) is 19.4. The number of anilines is 2. The molecule has 27 heavy (non-hydrogen) atoms. The Morgan fingerprint density at radius 1 is 0.889 bits per heavy atom. The second kappa shape index (κ2) is 8.57. The van der Waals surface area contributed by atoms with E-state index in [9.17, 15) is 4.79 Å². The zero-order valence-corrected chi connectivity index (χ0v) is 17.0. The molecule has 1 heterocycles. The minimum absolute atomic E-state index is 0.0978. The molecule has 0 aliphatic carbocycles. The van der Waals surface area contributed by atoms with E-state index in [1.165, 1.54) is 22.4 Å². The number of hydrogen-bond acceptors (Lipinski definition) is 3. The molecule has 0 spiro atoms. The standard InChI is InChI=1S/C23H31N3O/c1-17-7-5-9-21(19(17)3)24-23(27)11-12-25-13-15-26(16-14-25)22-10-6-8-18(2)20(22)4/h5-10H,11-16H2,1-4H3,(H,24,27). The Kier molecular flexibility index (Phi) is 6.17. The number of amides is 1. The summed E-state index contributed by atoms with van der Waals surface area (Å²) in [6, 6.07) is 12.6. The van der Waals surface area contributed by atoms with Gasteiger partial charge in [-0.15, -0.1) is 0 Å². The Morgan fingerprint density at radius 3 is 2.22 bits per heavy atom. The average molecular weight is 366 g/mol. The highest BCUT2D eigenvalue weighted by Gasteiger charge is 2.19. The van der Waals surface area contributed by atoms with Crippen molar-refractivity contribution < 1.29 is 4.79 Å². The minimum atomic E-state index is 0.0978. The van der Waals surface area contributed by atoms with Gasteiger partial charge in [-0.05, 0) is 62.1 Å². The summed E-state index contributed by atoms with van der Waals surface area (Å²) in [6.07, 6.45) is 0.539. The fourth-order valence-corrected chi connectivity index (χ4v) is 3.65. The van der Waals surface area contributed by atoms with E-state index in [0.717, 1.165) is 44.0 Å². The van der Waals surface area contributed by atoms with Crippen LogP contribution in [0.15, 0.2) is 36.4 Å². The van der Waals surface area contributed by atoms with Crippen molar-refractivity contribution in [2.24, 2.45) is 0 Å². The molecule has 1 aliphatic heterocycles. The van der Waals surface area contributed by atoms with Gasteiger partial charge in [0.25, 0.3) is 0 Å². The summed E-state index contributed by atoms with van der Waals surface area (Å²) in [5, 5.41) is 3.06. The lowest BCUT2D eigenvalue weighted by molar-refractivity contribution is -0.116. The van der Waals surface area contributed by atoms with Crippen molar-refractivity contribution in [3.05, 3.63) is 58.7 Å². The van der Waals surface area contributed by atoms with Crippen molar-refractivity contribution in [3.63, 3.8) is 0 Å². The number of hydrogen-bond donors (Lipinski definition) is 1. The highest BCUT2D eigenvalue weighted by Crippen LogP contribution is 2.24. The summed E-state index contributed by atoms with van der Waals surface area (Å²) in [6.45, 7) is 13.4. The Hall–Kier alpha value is -2.33. The Bertz CT molecular complexity index is 807. The van der Waals surface area contributed by atoms with Gasteiger partial charge in [0.2, 0.25) is 5.91 Å². The molecule has 1 fully saturated rings. The second-order valence-corrected chi connectivity index (χ2v) is 7.59. The molecule has 4 heteroatoms. The maximum Gasteiger partial charge on any atom is 0.225 e. The molecule has 1 N–H and O–H groups in total. The molecule has 0 saturated carbocycles. The lowest BCUT2D eigenvalue weighted by Crippen LogP contribution is -2.47. The zero-order chi connectivity index (χ0) is 19.4. The fourth-order valence-electron chi connectivity index (χ4n) is 3.65. The van der Waals surface area contributed by atoms with Crippen LogP contribution in [0.5, 0.6) is 0 Å². The van der Waals surface area contributed by atoms with Crippen LogP contribution in [-0.4, -0.2) is 43.5 Å². The molecule has 4 nitrogen and oxygen atoms in total. The number of piperazine rings is 1. The molecule has 1 aliphatic rings. The average Bonchev–Trinajstić information content (AvgIpc) is 2.66. The molecule has 0 bridgehead atoms. The van der Waals surface area contributed by atoms with Gasteiger partial charge < -0.3 is 10.2 Å². The minimum Gasteiger partial charge on any atom is -0.369 e. The predicted octanol–water partition coefficient (Wildman–Crippen LogP) is 4.07. The first-order valence-corrected chi connectivity index (χ1v) is 9.85. The van der Waals surface area contributed by atoms with Crippen molar-refractivity contribution in [2.45, 2.75) is 34.1 Å². The summed E-state index contributed by atoms with van der Waals surface area (Å²) in [5.74, 6) is 0.0978. The van der Waals surface area contributed by atoms with Gasteiger partial charge in [-0.2, -0.15) is 0 Å². The summed E-state index contributed by atoms with van der Waals surface area (Å²) >= 11 is 0. The Labute approximate surface area is 163 Å². The number of carbonyl (C=O) groups excluding carboxylic acids is 1. The van der Waals surface area contributed by atoms with Gasteiger partial charge in [-0.3, -0.25) is 9.69 Å². The molecule has 0 radical (unpaired) electrons. The van der Waals surface area contributed by atoms with Gasteiger partial charge in [0.15, 0.2) is 0 Å². The van der Waals surface area contributed by atoms with Crippen molar-refractivity contribution in [2.75, 3.05) is 42.9 Å². The van der Waals surface area contributed by atoms with E-state index in [-0.39, 0.29) is 5.91 Å². The van der Waals surface area contributed by atoms with E-state index in [0.29, 0.717) is 6.42 Å². The van der Waals surface area contributed by atoms with Gasteiger partial charge in [0.1, 0.15) is 0 Å². The lowest BCUT2D eigenvalue weighted by atomic mass is 10.1. The first-order valence-electron chi connectivity index (χ1n) is 9.85. The monoisotopic (exact) mass is 365 g/mol. The van der Waals surface area contributed by atoms with E-state index in [4.69, 9.17) is 0 Å². The number of carbonyl (C=O) groups is 1. The van der Waals surface area contributed by atoms with Crippen LogP contribution in [0.1, 0.15) is 28.7 Å². The number of aryl methyl sites for hydroxylation is 2. The second-order valence-electron chi connectivity index (χ2n) is 7.59. The van der Waals surface area contributed by atoms with Crippen molar-refractivity contribution in [1.29, 1.82) is 0 Å². The van der Waals surface area contributed by atoms with Crippen LogP contribution < -0.4 is 10.2 Å². The van der Waals surface area contributed by atoms with Crippen molar-refractivity contribution in [3.8, 4) is 0 Å².